The van der Waals surface area contributed by atoms with Crippen molar-refractivity contribution in [3.05, 3.63) is 35.4 Å². The summed E-state index contributed by atoms with van der Waals surface area (Å²) in [5.41, 5.74) is 2.48. The summed E-state index contributed by atoms with van der Waals surface area (Å²) in [5, 5.41) is 3.40. The first-order valence-electron chi connectivity index (χ1n) is 8.30. The molecule has 3 heteroatoms. The molecule has 1 heterocycles. The molecule has 1 saturated heterocycles. The minimum Gasteiger partial charge on any atom is -0.319 e. The Bertz CT molecular complexity index is 496. The van der Waals surface area contributed by atoms with Crippen molar-refractivity contribution in [2.45, 2.75) is 58.2 Å². The summed E-state index contributed by atoms with van der Waals surface area (Å²) in [6.07, 6.45) is 6.23. The topological polar surface area (TPSA) is 32.3 Å². The summed E-state index contributed by atoms with van der Waals surface area (Å²) in [6, 6.07) is 8.98. The van der Waals surface area contributed by atoms with Crippen LogP contribution >= 0.6 is 0 Å². The van der Waals surface area contributed by atoms with Crippen molar-refractivity contribution in [3.8, 4) is 0 Å². The predicted octanol–water partition coefficient (Wildman–Crippen LogP) is 3.39. The third-order valence-corrected chi connectivity index (χ3v) is 5.13. The number of carbonyl (C=O) groups is 1. The molecule has 3 nitrogen and oxygen atoms in total. The van der Waals surface area contributed by atoms with Gasteiger partial charge < -0.3 is 4.90 Å². The average molecular weight is 286 g/mol. The molecule has 1 amide bonds. The van der Waals surface area contributed by atoms with Crippen molar-refractivity contribution < 1.29 is 4.79 Å². The molecule has 1 aromatic carbocycles. The molecule has 1 aliphatic heterocycles. The Labute approximate surface area is 127 Å². The summed E-state index contributed by atoms with van der Waals surface area (Å²) in [5.74, 6) is 1.05. The van der Waals surface area contributed by atoms with Gasteiger partial charge in [0.25, 0.3) is 0 Å². The zero-order valence-corrected chi connectivity index (χ0v) is 13.1. The standard InChI is InChI=1S/C18H26N2O/c1-3-14-5-4-6-16(11-14)20-17(21)12-19-18(20)15-9-7-13(2)8-10-15/h7-10,14,16,18-19H,3-6,11-12H2,1-2H3. The third kappa shape index (κ3) is 2.98. The zero-order chi connectivity index (χ0) is 14.8. The fraction of sp³-hybridized carbons (Fsp3) is 0.611. The Morgan fingerprint density at radius 1 is 1.24 bits per heavy atom. The molecule has 0 aromatic heterocycles. The summed E-state index contributed by atoms with van der Waals surface area (Å²) in [7, 11) is 0. The lowest BCUT2D eigenvalue weighted by atomic mass is 9.83. The van der Waals surface area contributed by atoms with E-state index in [-0.39, 0.29) is 12.1 Å². The van der Waals surface area contributed by atoms with E-state index in [1.54, 1.807) is 0 Å². The van der Waals surface area contributed by atoms with Gasteiger partial charge in [-0.3, -0.25) is 10.1 Å². The molecule has 21 heavy (non-hydrogen) atoms. The Hall–Kier alpha value is -1.35. The van der Waals surface area contributed by atoms with Gasteiger partial charge in [-0.05, 0) is 31.2 Å². The van der Waals surface area contributed by atoms with Gasteiger partial charge in [0.2, 0.25) is 5.91 Å². The van der Waals surface area contributed by atoms with Crippen molar-refractivity contribution in [2.75, 3.05) is 6.54 Å². The second kappa shape index (κ2) is 6.18. The maximum atomic E-state index is 12.4. The van der Waals surface area contributed by atoms with Crippen molar-refractivity contribution in [1.82, 2.24) is 10.2 Å². The highest BCUT2D eigenvalue weighted by atomic mass is 16.2. The lowest BCUT2D eigenvalue weighted by molar-refractivity contribution is -0.131. The van der Waals surface area contributed by atoms with Gasteiger partial charge in [0, 0.05) is 6.04 Å². The lowest BCUT2D eigenvalue weighted by Gasteiger charge is -2.38. The van der Waals surface area contributed by atoms with E-state index in [9.17, 15) is 4.79 Å². The van der Waals surface area contributed by atoms with E-state index in [1.165, 1.54) is 36.8 Å². The number of aryl methyl sites for hydroxylation is 1. The van der Waals surface area contributed by atoms with Crippen LogP contribution in [0.1, 0.15) is 56.3 Å². The van der Waals surface area contributed by atoms with Gasteiger partial charge in [-0.25, -0.2) is 0 Å². The first-order chi connectivity index (χ1) is 10.2. The van der Waals surface area contributed by atoms with Crippen molar-refractivity contribution in [1.29, 1.82) is 0 Å². The summed E-state index contributed by atoms with van der Waals surface area (Å²) in [6.45, 7) is 4.85. The van der Waals surface area contributed by atoms with Gasteiger partial charge in [-0.1, -0.05) is 56.0 Å². The van der Waals surface area contributed by atoms with Crippen LogP contribution in [0.3, 0.4) is 0 Å². The Morgan fingerprint density at radius 3 is 2.71 bits per heavy atom. The number of nitrogens with one attached hydrogen (secondary N) is 1. The highest BCUT2D eigenvalue weighted by molar-refractivity contribution is 5.81. The molecule has 114 valence electrons. The van der Waals surface area contributed by atoms with Gasteiger partial charge in [-0.2, -0.15) is 0 Å². The average Bonchev–Trinajstić information content (AvgIpc) is 2.90. The molecule has 0 radical (unpaired) electrons. The van der Waals surface area contributed by atoms with Crippen LogP contribution in [0, 0.1) is 12.8 Å². The van der Waals surface area contributed by atoms with Crippen molar-refractivity contribution >= 4 is 5.91 Å². The lowest BCUT2D eigenvalue weighted by Crippen LogP contribution is -2.42. The number of hydrogen-bond acceptors (Lipinski definition) is 2. The first-order valence-corrected chi connectivity index (χ1v) is 8.30. The molecule has 1 saturated carbocycles. The summed E-state index contributed by atoms with van der Waals surface area (Å²) >= 11 is 0. The summed E-state index contributed by atoms with van der Waals surface area (Å²) < 4.78 is 0. The van der Waals surface area contributed by atoms with Gasteiger partial charge in [0.1, 0.15) is 6.17 Å². The van der Waals surface area contributed by atoms with Gasteiger partial charge in [0.05, 0.1) is 6.54 Å². The van der Waals surface area contributed by atoms with E-state index in [2.05, 4.69) is 48.3 Å². The van der Waals surface area contributed by atoms with Crippen LogP contribution in [0.4, 0.5) is 0 Å². The number of nitrogens with zero attached hydrogens (tertiary/aromatic N) is 1. The van der Waals surface area contributed by atoms with Crippen LogP contribution in [0.2, 0.25) is 0 Å². The second-order valence-electron chi connectivity index (χ2n) is 6.59. The maximum Gasteiger partial charge on any atom is 0.238 e. The molecule has 1 N–H and O–H groups in total. The van der Waals surface area contributed by atoms with Gasteiger partial charge >= 0.3 is 0 Å². The van der Waals surface area contributed by atoms with Crippen LogP contribution in [0.25, 0.3) is 0 Å². The quantitative estimate of drug-likeness (QED) is 0.923. The summed E-state index contributed by atoms with van der Waals surface area (Å²) in [4.78, 5) is 14.5. The molecule has 0 spiro atoms. The number of benzene rings is 1. The van der Waals surface area contributed by atoms with Crippen LogP contribution in [-0.2, 0) is 4.79 Å². The van der Waals surface area contributed by atoms with Crippen LogP contribution in [0.5, 0.6) is 0 Å². The fourth-order valence-corrected chi connectivity index (χ4v) is 3.85. The van der Waals surface area contributed by atoms with Crippen LogP contribution < -0.4 is 5.32 Å². The van der Waals surface area contributed by atoms with Crippen LogP contribution in [-0.4, -0.2) is 23.4 Å². The van der Waals surface area contributed by atoms with Crippen molar-refractivity contribution in [3.63, 3.8) is 0 Å². The minimum atomic E-state index is 0.0682. The molecule has 2 fully saturated rings. The highest BCUT2D eigenvalue weighted by Gasteiger charge is 2.38. The first kappa shape index (κ1) is 14.6. The van der Waals surface area contributed by atoms with E-state index in [0.29, 0.717) is 12.6 Å². The molecular weight excluding hydrogens is 260 g/mol. The largest absolute Gasteiger partial charge is 0.319 e. The van der Waals surface area contributed by atoms with E-state index in [0.717, 1.165) is 12.3 Å². The second-order valence-corrected chi connectivity index (χ2v) is 6.59. The van der Waals surface area contributed by atoms with E-state index in [1.807, 2.05) is 0 Å². The number of hydrogen-bond donors (Lipinski definition) is 1. The molecule has 2 aliphatic rings. The smallest absolute Gasteiger partial charge is 0.238 e. The van der Waals surface area contributed by atoms with Crippen LogP contribution in [0.15, 0.2) is 24.3 Å². The zero-order valence-electron chi connectivity index (χ0n) is 13.1. The van der Waals surface area contributed by atoms with Crippen molar-refractivity contribution in [2.24, 2.45) is 5.92 Å². The third-order valence-electron chi connectivity index (χ3n) is 5.13. The van der Waals surface area contributed by atoms with E-state index < -0.39 is 0 Å². The molecule has 1 aliphatic carbocycles. The van der Waals surface area contributed by atoms with E-state index in [4.69, 9.17) is 0 Å². The monoisotopic (exact) mass is 286 g/mol. The SMILES string of the molecule is CCC1CCCC(N2C(=O)CNC2c2ccc(C)cc2)C1. The fourth-order valence-electron chi connectivity index (χ4n) is 3.85. The van der Waals surface area contributed by atoms with E-state index >= 15 is 0 Å². The number of rotatable bonds is 3. The number of amides is 1. The molecule has 3 atom stereocenters. The predicted molar refractivity (Wildman–Crippen MR) is 84.8 cm³/mol. The molecule has 1 aromatic rings. The number of carbonyl (C=O) groups excluding carboxylic acids is 1. The maximum absolute atomic E-state index is 12.4. The van der Waals surface area contributed by atoms with Gasteiger partial charge in [-0.15, -0.1) is 0 Å². The molecule has 0 bridgehead atoms. The molecule has 3 rings (SSSR count). The molecular formula is C18H26N2O. The minimum absolute atomic E-state index is 0.0682. The Kier molecular flexibility index (Phi) is 4.29. The molecule has 3 unspecified atom stereocenters. The van der Waals surface area contributed by atoms with Gasteiger partial charge in [0.15, 0.2) is 0 Å². The normalized spacial score (nSPS) is 29.9. The Morgan fingerprint density at radius 2 is 2.00 bits per heavy atom. The highest BCUT2D eigenvalue weighted by Crippen LogP contribution is 2.35. The Balaban J connectivity index is 1.80.